The van der Waals surface area contributed by atoms with Crippen LogP contribution in [-0.2, 0) is 6.54 Å². The summed E-state index contributed by atoms with van der Waals surface area (Å²) in [6.45, 7) is 5.15. The molecule has 0 spiro atoms. The zero-order valence-corrected chi connectivity index (χ0v) is 11.4. The molecule has 0 atom stereocenters. The SMILES string of the molecule is Oc1c(Cl)cccc1CNCCN1CCCCC1. The summed E-state index contributed by atoms with van der Waals surface area (Å²) in [5, 5.41) is 13.5. The Hall–Kier alpha value is -0.770. The Labute approximate surface area is 114 Å². The van der Waals surface area contributed by atoms with Crippen LogP contribution in [-0.4, -0.2) is 36.2 Å². The molecular formula is C14H21ClN2O. The second-order valence-electron chi connectivity index (χ2n) is 4.83. The normalized spacial score (nSPS) is 16.9. The average molecular weight is 269 g/mol. The van der Waals surface area contributed by atoms with E-state index in [2.05, 4.69) is 10.2 Å². The van der Waals surface area contributed by atoms with Gasteiger partial charge in [-0.25, -0.2) is 0 Å². The smallest absolute Gasteiger partial charge is 0.138 e. The highest BCUT2D eigenvalue weighted by atomic mass is 35.5. The molecule has 0 saturated carbocycles. The maximum Gasteiger partial charge on any atom is 0.138 e. The number of para-hydroxylation sites is 1. The number of likely N-dealkylation sites (tertiary alicyclic amines) is 1. The number of phenols is 1. The van der Waals surface area contributed by atoms with E-state index < -0.39 is 0 Å². The fourth-order valence-corrected chi connectivity index (χ4v) is 2.54. The molecule has 0 amide bonds. The molecule has 1 aliphatic heterocycles. The Balaban J connectivity index is 1.70. The Morgan fingerprint density at radius 1 is 1.22 bits per heavy atom. The Kier molecular flexibility index (Phi) is 5.29. The van der Waals surface area contributed by atoms with Crippen molar-refractivity contribution in [2.45, 2.75) is 25.8 Å². The number of phenolic OH excluding ortho intramolecular Hbond substituents is 1. The lowest BCUT2D eigenvalue weighted by Crippen LogP contribution is -2.35. The third-order valence-corrected chi connectivity index (χ3v) is 3.74. The fraction of sp³-hybridized carbons (Fsp3) is 0.571. The van der Waals surface area contributed by atoms with Crippen molar-refractivity contribution >= 4 is 11.6 Å². The van der Waals surface area contributed by atoms with Crippen molar-refractivity contribution in [1.29, 1.82) is 0 Å². The molecule has 4 heteroatoms. The molecule has 1 saturated heterocycles. The summed E-state index contributed by atoms with van der Waals surface area (Å²) in [4.78, 5) is 2.49. The lowest BCUT2D eigenvalue weighted by atomic mass is 10.1. The van der Waals surface area contributed by atoms with Crippen LogP contribution in [0.25, 0.3) is 0 Å². The molecular weight excluding hydrogens is 248 g/mol. The Morgan fingerprint density at radius 2 is 2.00 bits per heavy atom. The number of piperidine rings is 1. The third-order valence-electron chi connectivity index (χ3n) is 3.44. The van der Waals surface area contributed by atoms with Gasteiger partial charge >= 0.3 is 0 Å². The number of nitrogens with zero attached hydrogens (tertiary/aromatic N) is 1. The second-order valence-corrected chi connectivity index (χ2v) is 5.23. The van der Waals surface area contributed by atoms with E-state index in [1.807, 2.05) is 12.1 Å². The molecule has 1 aromatic carbocycles. The van der Waals surface area contributed by atoms with E-state index in [9.17, 15) is 5.11 Å². The van der Waals surface area contributed by atoms with Gasteiger partial charge < -0.3 is 15.3 Å². The molecule has 0 radical (unpaired) electrons. The van der Waals surface area contributed by atoms with Gasteiger partial charge in [-0.2, -0.15) is 0 Å². The molecule has 2 rings (SSSR count). The average Bonchev–Trinajstić information content (AvgIpc) is 2.40. The van der Waals surface area contributed by atoms with Gasteiger partial charge in [0.2, 0.25) is 0 Å². The lowest BCUT2D eigenvalue weighted by Gasteiger charge is -2.26. The molecule has 2 N–H and O–H groups in total. The topological polar surface area (TPSA) is 35.5 Å². The highest BCUT2D eigenvalue weighted by Crippen LogP contribution is 2.26. The van der Waals surface area contributed by atoms with Crippen molar-refractivity contribution in [3.63, 3.8) is 0 Å². The number of nitrogens with one attached hydrogen (secondary N) is 1. The van der Waals surface area contributed by atoms with E-state index in [1.54, 1.807) is 6.07 Å². The standard InChI is InChI=1S/C14H21ClN2O/c15-13-6-4-5-12(14(13)18)11-16-7-10-17-8-2-1-3-9-17/h4-6,16,18H,1-3,7-11H2. The van der Waals surface area contributed by atoms with Crippen molar-refractivity contribution in [2.24, 2.45) is 0 Å². The summed E-state index contributed by atoms with van der Waals surface area (Å²) in [5.41, 5.74) is 0.862. The van der Waals surface area contributed by atoms with Crippen LogP contribution in [0.15, 0.2) is 18.2 Å². The molecule has 3 nitrogen and oxygen atoms in total. The summed E-state index contributed by atoms with van der Waals surface area (Å²) in [6, 6.07) is 5.47. The van der Waals surface area contributed by atoms with Crippen molar-refractivity contribution in [3.8, 4) is 5.75 Å². The van der Waals surface area contributed by atoms with Crippen LogP contribution in [0.1, 0.15) is 24.8 Å². The van der Waals surface area contributed by atoms with Crippen molar-refractivity contribution in [2.75, 3.05) is 26.2 Å². The molecule has 0 unspecified atom stereocenters. The van der Waals surface area contributed by atoms with Gasteiger partial charge in [0, 0.05) is 25.2 Å². The van der Waals surface area contributed by atoms with Crippen molar-refractivity contribution in [1.82, 2.24) is 10.2 Å². The molecule has 1 aromatic rings. The van der Waals surface area contributed by atoms with E-state index in [1.165, 1.54) is 32.4 Å². The first-order valence-electron chi connectivity index (χ1n) is 6.67. The summed E-state index contributed by atoms with van der Waals surface area (Å²) in [7, 11) is 0. The highest BCUT2D eigenvalue weighted by molar-refractivity contribution is 6.32. The van der Waals surface area contributed by atoms with Gasteiger partial charge in [-0.1, -0.05) is 30.2 Å². The van der Waals surface area contributed by atoms with Gasteiger partial charge in [0.05, 0.1) is 5.02 Å². The molecule has 1 fully saturated rings. The van der Waals surface area contributed by atoms with Gasteiger partial charge in [-0.15, -0.1) is 0 Å². The third kappa shape index (κ3) is 3.87. The van der Waals surface area contributed by atoms with Gasteiger partial charge in [-0.3, -0.25) is 0 Å². The van der Waals surface area contributed by atoms with Gasteiger partial charge in [0.25, 0.3) is 0 Å². The van der Waals surface area contributed by atoms with Crippen molar-refractivity contribution < 1.29 is 5.11 Å². The molecule has 1 aliphatic rings. The highest BCUT2D eigenvalue weighted by Gasteiger charge is 2.09. The van der Waals surface area contributed by atoms with E-state index in [4.69, 9.17) is 11.6 Å². The molecule has 100 valence electrons. The second kappa shape index (κ2) is 6.98. The number of benzene rings is 1. The minimum absolute atomic E-state index is 0.199. The zero-order valence-electron chi connectivity index (χ0n) is 10.7. The number of hydrogen-bond donors (Lipinski definition) is 2. The van der Waals surface area contributed by atoms with Crippen LogP contribution in [0.5, 0.6) is 5.75 Å². The van der Waals surface area contributed by atoms with Crippen molar-refractivity contribution in [3.05, 3.63) is 28.8 Å². The Morgan fingerprint density at radius 3 is 2.78 bits per heavy atom. The Bertz CT molecular complexity index is 378. The van der Waals surface area contributed by atoms with E-state index in [0.717, 1.165) is 18.7 Å². The van der Waals surface area contributed by atoms with Crippen LogP contribution >= 0.6 is 11.6 Å². The molecule has 0 aromatic heterocycles. The summed E-state index contributed by atoms with van der Waals surface area (Å²) in [5.74, 6) is 0.199. The van der Waals surface area contributed by atoms with Gasteiger partial charge in [0.15, 0.2) is 0 Å². The number of aromatic hydroxyl groups is 1. The van der Waals surface area contributed by atoms with E-state index >= 15 is 0 Å². The fourth-order valence-electron chi connectivity index (χ4n) is 2.35. The maximum atomic E-state index is 9.76. The maximum absolute atomic E-state index is 9.76. The predicted molar refractivity (Wildman–Crippen MR) is 75.1 cm³/mol. The summed E-state index contributed by atoms with van der Waals surface area (Å²) in [6.07, 6.45) is 4.03. The quantitative estimate of drug-likeness (QED) is 0.806. The lowest BCUT2D eigenvalue weighted by molar-refractivity contribution is 0.229. The van der Waals surface area contributed by atoms with Crippen LogP contribution < -0.4 is 5.32 Å². The monoisotopic (exact) mass is 268 g/mol. The zero-order chi connectivity index (χ0) is 12.8. The van der Waals surface area contributed by atoms with Crippen LogP contribution in [0.3, 0.4) is 0 Å². The number of rotatable bonds is 5. The first-order valence-corrected chi connectivity index (χ1v) is 7.04. The molecule has 1 heterocycles. The van der Waals surface area contributed by atoms with E-state index in [-0.39, 0.29) is 5.75 Å². The molecule has 18 heavy (non-hydrogen) atoms. The van der Waals surface area contributed by atoms with Gasteiger partial charge in [-0.05, 0) is 32.0 Å². The first kappa shape index (κ1) is 13.7. The molecule has 0 aliphatic carbocycles. The number of hydrogen-bond acceptors (Lipinski definition) is 3. The number of halogens is 1. The van der Waals surface area contributed by atoms with Crippen LogP contribution in [0, 0.1) is 0 Å². The van der Waals surface area contributed by atoms with Gasteiger partial charge in [0.1, 0.15) is 5.75 Å². The summed E-state index contributed by atoms with van der Waals surface area (Å²) >= 11 is 5.86. The minimum Gasteiger partial charge on any atom is -0.506 e. The molecule has 0 bridgehead atoms. The van der Waals surface area contributed by atoms with Crippen LogP contribution in [0.4, 0.5) is 0 Å². The minimum atomic E-state index is 0.199. The predicted octanol–water partition coefficient (Wildman–Crippen LogP) is 2.62. The largest absolute Gasteiger partial charge is 0.506 e. The first-order chi connectivity index (χ1) is 8.77. The van der Waals surface area contributed by atoms with Crippen LogP contribution in [0.2, 0.25) is 5.02 Å². The summed E-state index contributed by atoms with van der Waals surface area (Å²) < 4.78 is 0. The van der Waals surface area contributed by atoms with E-state index in [0.29, 0.717) is 11.6 Å².